The zero-order valence-electron chi connectivity index (χ0n) is 11.9. The van der Waals surface area contributed by atoms with Gasteiger partial charge in [0.15, 0.2) is 0 Å². The van der Waals surface area contributed by atoms with Crippen LogP contribution in [0.4, 0.5) is 0 Å². The molecule has 0 spiro atoms. The molecule has 1 saturated carbocycles. The highest BCUT2D eigenvalue weighted by atomic mass is 35.5. The molecule has 0 bridgehead atoms. The Hall–Kier alpha value is -0.580. The molecule has 1 amide bonds. The van der Waals surface area contributed by atoms with E-state index in [1.165, 1.54) is 38.5 Å². The van der Waals surface area contributed by atoms with Crippen molar-refractivity contribution in [2.24, 2.45) is 0 Å². The number of rotatable bonds is 6. The Morgan fingerprint density at radius 1 is 1.20 bits per heavy atom. The van der Waals surface area contributed by atoms with E-state index < -0.39 is 0 Å². The van der Waals surface area contributed by atoms with Gasteiger partial charge >= 0.3 is 0 Å². The molecule has 1 aromatic heterocycles. The van der Waals surface area contributed by atoms with Gasteiger partial charge in [0.05, 0.1) is 6.42 Å². The van der Waals surface area contributed by atoms with E-state index in [4.69, 9.17) is 0 Å². The van der Waals surface area contributed by atoms with Crippen LogP contribution in [0.25, 0.3) is 0 Å². The third-order valence-electron chi connectivity index (χ3n) is 3.65. The fraction of sp³-hybridized carbons (Fsp3) is 0.667. The minimum absolute atomic E-state index is 0. The number of hydrogen-bond acceptors (Lipinski definition) is 3. The second kappa shape index (κ2) is 10.2. The van der Waals surface area contributed by atoms with Crippen molar-refractivity contribution in [1.82, 2.24) is 10.6 Å². The third kappa shape index (κ3) is 6.73. The van der Waals surface area contributed by atoms with Gasteiger partial charge < -0.3 is 10.6 Å². The summed E-state index contributed by atoms with van der Waals surface area (Å²) < 4.78 is 0. The van der Waals surface area contributed by atoms with Gasteiger partial charge in [-0.1, -0.05) is 31.7 Å². The lowest BCUT2D eigenvalue weighted by Gasteiger charge is -2.16. The smallest absolute Gasteiger partial charge is 0.225 e. The molecule has 20 heavy (non-hydrogen) atoms. The molecular formula is C15H25ClN2OS. The number of thiophene rings is 1. The Balaban J connectivity index is 0.00000200. The zero-order valence-corrected chi connectivity index (χ0v) is 13.5. The summed E-state index contributed by atoms with van der Waals surface area (Å²) in [6.07, 6.45) is 8.57. The normalized spacial score (nSPS) is 16.2. The average Bonchev–Trinajstić information content (AvgIpc) is 2.76. The van der Waals surface area contributed by atoms with Crippen LogP contribution in [0.5, 0.6) is 0 Å². The molecule has 0 aromatic carbocycles. The van der Waals surface area contributed by atoms with Crippen LogP contribution in [0.3, 0.4) is 0 Å². The predicted octanol–water partition coefficient (Wildman–Crippen LogP) is 3.14. The van der Waals surface area contributed by atoms with Crippen LogP contribution in [0, 0.1) is 0 Å². The summed E-state index contributed by atoms with van der Waals surface area (Å²) in [5, 5.41) is 8.56. The highest BCUT2D eigenvalue weighted by Gasteiger charge is 2.11. The van der Waals surface area contributed by atoms with Gasteiger partial charge in [-0.15, -0.1) is 23.7 Å². The predicted molar refractivity (Wildman–Crippen MR) is 87.8 cm³/mol. The van der Waals surface area contributed by atoms with E-state index in [9.17, 15) is 4.79 Å². The Bertz CT molecular complexity index is 362. The summed E-state index contributed by atoms with van der Waals surface area (Å²) in [5.41, 5.74) is 0. The minimum Gasteiger partial charge on any atom is -0.355 e. The lowest BCUT2D eigenvalue weighted by Crippen LogP contribution is -2.37. The first-order valence-corrected chi connectivity index (χ1v) is 8.25. The maximum atomic E-state index is 11.7. The van der Waals surface area contributed by atoms with Crippen molar-refractivity contribution in [3.8, 4) is 0 Å². The molecule has 1 aliphatic carbocycles. The molecule has 0 aliphatic heterocycles. The van der Waals surface area contributed by atoms with E-state index in [0.29, 0.717) is 12.5 Å². The molecule has 1 aromatic rings. The first-order valence-electron chi connectivity index (χ1n) is 7.37. The summed E-state index contributed by atoms with van der Waals surface area (Å²) in [6.45, 7) is 1.63. The van der Waals surface area contributed by atoms with Crippen LogP contribution in [0.1, 0.15) is 43.4 Å². The fourth-order valence-electron chi connectivity index (χ4n) is 2.60. The molecular weight excluding hydrogens is 292 g/mol. The van der Waals surface area contributed by atoms with E-state index in [2.05, 4.69) is 10.6 Å². The summed E-state index contributed by atoms with van der Waals surface area (Å²) in [6, 6.07) is 4.66. The van der Waals surface area contributed by atoms with Crippen molar-refractivity contribution >= 4 is 29.7 Å². The molecule has 2 N–H and O–H groups in total. The number of carbonyl (C=O) groups excluding carboxylic acids is 1. The molecule has 0 radical (unpaired) electrons. The summed E-state index contributed by atoms with van der Waals surface area (Å²) in [7, 11) is 0. The average molecular weight is 317 g/mol. The van der Waals surface area contributed by atoms with Gasteiger partial charge in [-0.2, -0.15) is 0 Å². The van der Waals surface area contributed by atoms with E-state index in [1.54, 1.807) is 11.3 Å². The van der Waals surface area contributed by atoms with Crippen LogP contribution in [-0.2, 0) is 11.2 Å². The number of amides is 1. The van der Waals surface area contributed by atoms with Gasteiger partial charge in [-0.25, -0.2) is 0 Å². The Labute approximate surface area is 131 Å². The molecule has 5 heteroatoms. The van der Waals surface area contributed by atoms with Crippen LogP contribution in [-0.4, -0.2) is 25.0 Å². The number of halogens is 1. The maximum absolute atomic E-state index is 11.7. The Morgan fingerprint density at radius 2 is 1.95 bits per heavy atom. The molecule has 2 rings (SSSR count). The van der Waals surface area contributed by atoms with Gasteiger partial charge in [-0.3, -0.25) is 4.79 Å². The second-order valence-corrected chi connectivity index (χ2v) is 6.28. The molecule has 0 unspecified atom stereocenters. The van der Waals surface area contributed by atoms with Crippen molar-refractivity contribution in [1.29, 1.82) is 0 Å². The minimum atomic E-state index is 0. The van der Waals surface area contributed by atoms with Crippen LogP contribution < -0.4 is 10.6 Å². The first kappa shape index (κ1) is 17.5. The van der Waals surface area contributed by atoms with Crippen molar-refractivity contribution in [2.45, 2.75) is 51.0 Å². The van der Waals surface area contributed by atoms with Gasteiger partial charge in [-0.05, 0) is 24.3 Å². The maximum Gasteiger partial charge on any atom is 0.225 e. The second-order valence-electron chi connectivity index (χ2n) is 5.25. The van der Waals surface area contributed by atoms with Gasteiger partial charge in [0, 0.05) is 24.0 Å². The standard InChI is InChI=1S/C15H24N2OS.ClH/c18-15(12-14-8-5-11-19-14)17-10-9-16-13-6-3-1-2-4-7-13;/h5,8,11,13,16H,1-4,6-7,9-10,12H2,(H,17,18);1H. The number of carbonyl (C=O) groups is 1. The highest BCUT2D eigenvalue weighted by Crippen LogP contribution is 2.16. The first-order chi connectivity index (χ1) is 9.34. The summed E-state index contributed by atoms with van der Waals surface area (Å²) in [4.78, 5) is 12.8. The Kier molecular flexibility index (Phi) is 8.90. The molecule has 0 saturated heterocycles. The van der Waals surface area contributed by atoms with Crippen LogP contribution in [0.2, 0.25) is 0 Å². The largest absolute Gasteiger partial charge is 0.355 e. The van der Waals surface area contributed by atoms with Crippen molar-refractivity contribution in [2.75, 3.05) is 13.1 Å². The molecule has 3 nitrogen and oxygen atoms in total. The number of hydrogen-bond donors (Lipinski definition) is 2. The van der Waals surface area contributed by atoms with Crippen molar-refractivity contribution in [3.63, 3.8) is 0 Å². The van der Waals surface area contributed by atoms with E-state index >= 15 is 0 Å². The monoisotopic (exact) mass is 316 g/mol. The third-order valence-corrected chi connectivity index (χ3v) is 4.53. The van der Waals surface area contributed by atoms with Gasteiger partial charge in [0.1, 0.15) is 0 Å². The van der Waals surface area contributed by atoms with Crippen LogP contribution in [0.15, 0.2) is 17.5 Å². The fourth-order valence-corrected chi connectivity index (χ4v) is 3.30. The Morgan fingerprint density at radius 3 is 2.60 bits per heavy atom. The number of nitrogens with one attached hydrogen (secondary N) is 2. The molecule has 114 valence electrons. The summed E-state index contributed by atoms with van der Waals surface area (Å²) >= 11 is 1.64. The van der Waals surface area contributed by atoms with Gasteiger partial charge in [0.2, 0.25) is 5.91 Å². The topological polar surface area (TPSA) is 41.1 Å². The highest BCUT2D eigenvalue weighted by molar-refractivity contribution is 7.10. The van der Waals surface area contributed by atoms with E-state index in [1.807, 2.05) is 17.5 Å². The molecule has 0 atom stereocenters. The van der Waals surface area contributed by atoms with Crippen molar-refractivity contribution in [3.05, 3.63) is 22.4 Å². The van der Waals surface area contributed by atoms with E-state index in [0.717, 1.165) is 18.0 Å². The zero-order chi connectivity index (χ0) is 13.3. The van der Waals surface area contributed by atoms with E-state index in [-0.39, 0.29) is 18.3 Å². The lowest BCUT2D eigenvalue weighted by atomic mass is 10.1. The van der Waals surface area contributed by atoms with Crippen molar-refractivity contribution < 1.29 is 4.79 Å². The quantitative estimate of drug-likeness (QED) is 0.625. The molecule has 1 aliphatic rings. The van der Waals surface area contributed by atoms with Crippen LogP contribution >= 0.6 is 23.7 Å². The van der Waals surface area contributed by atoms with Gasteiger partial charge in [0.25, 0.3) is 0 Å². The summed E-state index contributed by atoms with van der Waals surface area (Å²) in [5.74, 6) is 0.130. The SMILES string of the molecule is Cl.O=C(Cc1cccs1)NCCNC1CCCCCC1. The lowest BCUT2D eigenvalue weighted by molar-refractivity contribution is -0.120. The molecule has 1 fully saturated rings. The molecule has 1 heterocycles.